The molecule has 0 saturated heterocycles. The number of aryl methyl sites for hydroxylation is 1. The molecule has 1 heterocycles. The van der Waals surface area contributed by atoms with Crippen LogP contribution in [0.2, 0.25) is 0 Å². The van der Waals surface area contributed by atoms with Gasteiger partial charge in [-0.05, 0) is 46.1 Å². The first-order valence-corrected chi connectivity index (χ1v) is 7.64. The first-order valence-electron chi connectivity index (χ1n) is 7.64. The molecule has 1 aromatic heterocycles. The Bertz CT molecular complexity index is 700. The predicted octanol–water partition coefficient (Wildman–Crippen LogP) is 0.891. The SMILES string of the molecule is CCn1c(=O)n(CC(=O)NCCCN(C)C)c2ccccc21. The third-order valence-electron chi connectivity index (χ3n) is 3.65. The van der Waals surface area contributed by atoms with Crippen molar-refractivity contribution in [1.82, 2.24) is 19.4 Å². The van der Waals surface area contributed by atoms with Crippen LogP contribution >= 0.6 is 0 Å². The molecule has 0 unspecified atom stereocenters. The molecule has 6 heteroatoms. The van der Waals surface area contributed by atoms with E-state index in [0.29, 0.717) is 13.1 Å². The van der Waals surface area contributed by atoms with Crippen LogP contribution in [0.5, 0.6) is 0 Å². The number of hydrogen-bond acceptors (Lipinski definition) is 3. The van der Waals surface area contributed by atoms with Gasteiger partial charge in [-0.2, -0.15) is 0 Å². The molecule has 22 heavy (non-hydrogen) atoms. The number of nitrogens with one attached hydrogen (secondary N) is 1. The lowest BCUT2D eigenvalue weighted by Crippen LogP contribution is -2.34. The van der Waals surface area contributed by atoms with Crippen molar-refractivity contribution in [2.45, 2.75) is 26.4 Å². The Balaban J connectivity index is 2.10. The first kappa shape index (κ1) is 16.3. The summed E-state index contributed by atoms with van der Waals surface area (Å²) in [7, 11) is 4.00. The highest BCUT2D eigenvalue weighted by atomic mass is 16.2. The van der Waals surface area contributed by atoms with E-state index in [1.165, 1.54) is 0 Å². The molecule has 0 aliphatic heterocycles. The molecule has 2 rings (SSSR count). The smallest absolute Gasteiger partial charge is 0.329 e. The number of rotatable bonds is 7. The van der Waals surface area contributed by atoms with Crippen molar-refractivity contribution in [3.63, 3.8) is 0 Å². The Hall–Kier alpha value is -2.08. The van der Waals surface area contributed by atoms with E-state index in [2.05, 4.69) is 10.2 Å². The minimum atomic E-state index is -0.132. The fourth-order valence-corrected chi connectivity index (χ4v) is 2.55. The Morgan fingerprint density at radius 1 is 1.18 bits per heavy atom. The number of carbonyl (C=O) groups excluding carboxylic acids is 1. The third-order valence-corrected chi connectivity index (χ3v) is 3.65. The van der Waals surface area contributed by atoms with Crippen LogP contribution in [0.15, 0.2) is 29.1 Å². The van der Waals surface area contributed by atoms with Crippen molar-refractivity contribution in [1.29, 1.82) is 0 Å². The Kier molecular flexibility index (Phi) is 5.38. The zero-order valence-electron chi connectivity index (χ0n) is 13.5. The molecular formula is C16H24N4O2. The van der Waals surface area contributed by atoms with Gasteiger partial charge in [0.2, 0.25) is 5.91 Å². The van der Waals surface area contributed by atoms with Gasteiger partial charge in [0, 0.05) is 13.1 Å². The summed E-state index contributed by atoms with van der Waals surface area (Å²) in [5, 5.41) is 2.87. The van der Waals surface area contributed by atoms with Crippen LogP contribution in [0, 0.1) is 0 Å². The highest BCUT2D eigenvalue weighted by molar-refractivity contribution is 5.80. The number of imidazole rings is 1. The van der Waals surface area contributed by atoms with Gasteiger partial charge in [-0.3, -0.25) is 13.9 Å². The number of hydrogen-bond donors (Lipinski definition) is 1. The van der Waals surface area contributed by atoms with Crippen LogP contribution in [-0.2, 0) is 17.9 Å². The van der Waals surface area contributed by atoms with E-state index in [-0.39, 0.29) is 18.1 Å². The fourth-order valence-electron chi connectivity index (χ4n) is 2.55. The molecule has 1 aromatic carbocycles. The zero-order chi connectivity index (χ0) is 16.1. The van der Waals surface area contributed by atoms with E-state index in [4.69, 9.17) is 0 Å². The maximum absolute atomic E-state index is 12.4. The van der Waals surface area contributed by atoms with Crippen molar-refractivity contribution in [2.75, 3.05) is 27.2 Å². The molecule has 0 atom stereocenters. The molecule has 0 aliphatic rings. The second kappa shape index (κ2) is 7.26. The molecule has 0 spiro atoms. The van der Waals surface area contributed by atoms with Crippen molar-refractivity contribution in [2.24, 2.45) is 0 Å². The maximum atomic E-state index is 12.4. The normalized spacial score (nSPS) is 11.3. The lowest BCUT2D eigenvalue weighted by atomic mass is 10.3. The number of aromatic nitrogens is 2. The molecule has 0 saturated carbocycles. The molecule has 1 amide bonds. The molecule has 0 fully saturated rings. The van der Waals surface area contributed by atoms with Gasteiger partial charge in [-0.25, -0.2) is 4.79 Å². The number of fused-ring (bicyclic) bond motifs is 1. The van der Waals surface area contributed by atoms with Crippen molar-refractivity contribution < 1.29 is 4.79 Å². The highest BCUT2D eigenvalue weighted by Crippen LogP contribution is 2.12. The molecule has 1 N–H and O–H groups in total. The third kappa shape index (κ3) is 3.57. The first-order chi connectivity index (χ1) is 10.5. The predicted molar refractivity (Wildman–Crippen MR) is 88.1 cm³/mol. The lowest BCUT2D eigenvalue weighted by molar-refractivity contribution is -0.121. The van der Waals surface area contributed by atoms with E-state index in [1.807, 2.05) is 45.3 Å². The Labute approximate surface area is 130 Å². The minimum absolute atomic E-state index is 0.0638. The number of benzene rings is 1. The lowest BCUT2D eigenvalue weighted by Gasteiger charge is -2.10. The van der Waals surface area contributed by atoms with Crippen molar-refractivity contribution in [3.05, 3.63) is 34.7 Å². The van der Waals surface area contributed by atoms with Crippen LogP contribution in [0.4, 0.5) is 0 Å². The standard InChI is InChI=1S/C16H24N4O2/c1-4-19-13-8-5-6-9-14(13)20(16(19)22)12-15(21)17-10-7-11-18(2)3/h5-6,8-9H,4,7,10-12H2,1-3H3,(H,17,21). The Morgan fingerprint density at radius 3 is 2.41 bits per heavy atom. The van der Waals surface area contributed by atoms with Crippen molar-refractivity contribution in [3.8, 4) is 0 Å². The summed E-state index contributed by atoms with van der Waals surface area (Å²) in [4.78, 5) is 26.5. The van der Waals surface area contributed by atoms with E-state index in [1.54, 1.807) is 9.13 Å². The minimum Gasteiger partial charge on any atom is -0.354 e. The molecular weight excluding hydrogens is 280 g/mol. The van der Waals surface area contributed by atoms with Crippen LogP contribution in [-0.4, -0.2) is 47.1 Å². The van der Waals surface area contributed by atoms with Gasteiger partial charge in [-0.1, -0.05) is 12.1 Å². The maximum Gasteiger partial charge on any atom is 0.329 e. The van der Waals surface area contributed by atoms with Crippen molar-refractivity contribution >= 4 is 16.9 Å². The average Bonchev–Trinajstić information content (AvgIpc) is 2.76. The fraction of sp³-hybridized carbons (Fsp3) is 0.500. The number of para-hydroxylation sites is 2. The number of amides is 1. The van der Waals surface area contributed by atoms with Gasteiger partial charge < -0.3 is 10.2 Å². The van der Waals surface area contributed by atoms with Gasteiger partial charge in [-0.15, -0.1) is 0 Å². The molecule has 2 aromatic rings. The van der Waals surface area contributed by atoms with E-state index in [9.17, 15) is 9.59 Å². The second-order valence-electron chi connectivity index (χ2n) is 5.61. The highest BCUT2D eigenvalue weighted by Gasteiger charge is 2.13. The van der Waals surface area contributed by atoms with Gasteiger partial charge >= 0.3 is 5.69 Å². The van der Waals surface area contributed by atoms with E-state index >= 15 is 0 Å². The summed E-state index contributed by atoms with van der Waals surface area (Å²) in [6.07, 6.45) is 0.893. The largest absolute Gasteiger partial charge is 0.354 e. The summed E-state index contributed by atoms with van der Waals surface area (Å²) in [5.41, 5.74) is 1.54. The summed E-state index contributed by atoms with van der Waals surface area (Å²) >= 11 is 0. The monoisotopic (exact) mass is 304 g/mol. The van der Waals surface area contributed by atoms with Crippen LogP contribution in [0.1, 0.15) is 13.3 Å². The summed E-state index contributed by atoms with van der Waals surface area (Å²) in [6.45, 7) is 4.14. The van der Waals surface area contributed by atoms with Crippen LogP contribution in [0.25, 0.3) is 11.0 Å². The van der Waals surface area contributed by atoms with Gasteiger partial charge in [0.25, 0.3) is 0 Å². The van der Waals surface area contributed by atoms with Gasteiger partial charge in [0.05, 0.1) is 11.0 Å². The molecule has 120 valence electrons. The van der Waals surface area contributed by atoms with Gasteiger partial charge in [0.15, 0.2) is 0 Å². The summed E-state index contributed by atoms with van der Waals surface area (Å²) < 4.78 is 3.23. The van der Waals surface area contributed by atoms with Gasteiger partial charge in [0.1, 0.15) is 6.54 Å². The van der Waals surface area contributed by atoms with Crippen LogP contribution < -0.4 is 11.0 Å². The van der Waals surface area contributed by atoms with E-state index in [0.717, 1.165) is 24.0 Å². The molecule has 0 radical (unpaired) electrons. The van der Waals surface area contributed by atoms with E-state index < -0.39 is 0 Å². The molecule has 0 bridgehead atoms. The molecule has 0 aliphatic carbocycles. The number of nitrogens with zero attached hydrogens (tertiary/aromatic N) is 3. The van der Waals surface area contributed by atoms with Crippen LogP contribution in [0.3, 0.4) is 0 Å². The zero-order valence-corrected chi connectivity index (χ0v) is 13.5. The topological polar surface area (TPSA) is 59.3 Å². The quantitative estimate of drug-likeness (QED) is 0.773. The summed E-state index contributed by atoms with van der Waals surface area (Å²) in [5.74, 6) is -0.125. The Morgan fingerprint density at radius 2 is 1.82 bits per heavy atom. The number of carbonyl (C=O) groups is 1. The second-order valence-corrected chi connectivity index (χ2v) is 5.61. The average molecular weight is 304 g/mol. The summed E-state index contributed by atoms with van der Waals surface area (Å²) in [6, 6.07) is 7.57. The molecule has 6 nitrogen and oxygen atoms in total.